The number of carbonyl (C=O) groups excluding carboxylic acids is 1. The molecule has 0 bridgehead atoms. The smallest absolute Gasteiger partial charge is 0.337 e. The molecule has 0 radical (unpaired) electrons. The fraction of sp³-hybridized carbons (Fsp3) is 0.118. The van der Waals surface area contributed by atoms with E-state index in [-0.39, 0.29) is 29.0 Å². The molecule has 1 unspecified atom stereocenters. The van der Waals surface area contributed by atoms with Gasteiger partial charge in [0, 0.05) is 17.7 Å². The lowest BCUT2D eigenvalue weighted by atomic mass is 10.0. The highest BCUT2D eigenvalue weighted by atomic mass is 16.4. The van der Waals surface area contributed by atoms with Crippen LogP contribution < -0.4 is 17.2 Å². The molecule has 9 nitrogen and oxygen atoms in total. The van der Waals surface area contributed by atoms with Gasteiger partial charge in [-0.25, -0.2) is 4.79 Å². The Morgan fingerprint density at radius 3 is 2.00 bits per heavy atom. The number of carboxylic acids is 2. The van der Waals surface area contributed by atoms with Gasteiger partial charge in [0.15, 0.2) is 5.78 Å². The van der Waals surface area contributed by atoms with Gasteiger partial charge in [-0.15, -0.1) is 0 Å². The number of hydrogen-bond donors (Lipinski definition) is 6. The quantitative estimate of drug-likeness (QED) is 0.255. The number of ketones is 1. The number of rotatable bonds is 5. The van der Waals surface area contributed by atoms with Crippen molar-refractivity contribution in [3.63, 3.8) is 0 Å². The predicted octanol–water partition coefficient (Wildman–Crippen LogP) is 0.926. The van der Waals surface area contributed by atoms with E-state index >= 15 is 0 Å². The average molecular weight is 361 g/mol. The van der Waals surface area contributed by atoms with Crippen molar-refractivity contribution in [2.45, 2.75) is 12.5 Å². The van der Waals surface area contributed by atoms with Crippen molar-refractivity contribution in [2.24, 2.45) is 5.73 Å². The van der Waals surface area contributed by atoms with Crippen molar-refractivity contribution in [3.8, 4) is 5.75 Å². The molecule has 26 heavy (non-hydrogen) atoms. The van der Waals surface area contributed by atoms with Gasteiger partial charge < -0.3 is 32.5 Å². The van der Waals surface area contributed by atoms with Crippen molar-refractivity contribution >= 4 is 29.1 Å². The Hall–Kier alpha value is -3.59. The van der Waals surface area contributed by atoms with Crippen molar-refractivity contribution in [3.05, 3.63) is 53.6 Å². The molecule has 2 rings (SSSR count). The van der Waals surface area contributed by atoms with E-state index in [1.807, 2.05) is 0 Å². The SMILES string of the molecule is Nc1c(O)cccc1C(=O)CC(N)C(=O)O.Nc1ccccc1C(=O)O. The summed E-state index contributed by atoms with van der Waals surface area (Å²) in [6.45, 7) is 0. The van der Waals surface area contributed by atoms with Crippen LogP contribution in [-0.2, 0) is 4.79 Å². The third-order valence-electron chi connectivity index (χ3n) is 3.30. The summed E-state index contributed by atoms with van der Waals surface area (Å²) in [6, 6.07) is 9.29. The van der Waals surface area contributed by atoms with E-state index in [1.165, 1.54) is 24.3 Å². The van der Waals surface area contributed by atoms with Crippen LogP contribution in [0.2, 0.25) is 0 Å². The van der Waals surface area contributed by atoms with Crippen LogP contribution >= 0.6 is 0 Å². The first kappa shape index (κ1) is 20.5. The van der Waals surface area contributed by atoms with E-state index in [4.69, 9.17) is 27.4 Å². The summed E-state index contributed by atoms with van der Waals surface area (Å²) in [4.78, 5) is 32.4. The van der Waals surface area contributed by atoms with Gasteiger partial charge in [0.2, 0.25) is 0 Å². The Balaban J connectivity index is 0.000000289. The average Bonchev–Trinajstić information content (AvgIpc) is 2.57. The summed E-state index contributed by atoms with van der Waals surface area (Å²) < 4.78 is 0. The summed E-state index contributed by atoms with van der Waals surface area (Å²) >= 11 is 0. The zero-order chi connectivity index (χ0) is 19.9. The number of hydrogen-bond acceptors (Lipinski definition) is 7. The molecule has 0 heterocycles. The number of nitrogen functional groups attached to an aromatic ring is 2. The van der Waals surface area contributed by atoms with Crippen LogP contribution in [0.15, 0.2) is 42.5 Å². The number of phenols is 1. The van der Waals surface area contributed by atoms with Crippen LogP contribution in [-0.4, -0.2) is 39.1 Å². The second-order valence-electron chi connectivity index (χ2n) is 5.20. The molecule has 0 fully saturated rings. The van der Waals surface area contributed by atoms with Crippen molar-refractivity contribution in [2.75, 3.05) is 11.5 Å². The molecule has 9 N–H and O–H groups in total. The van der Waals surface area contributed by atoms with Crippen LogP contribution in [0.4, 0.5) is 11.4 Å². The second-order valence-corrected chi connectivity index (χ2v) is 5.20. The van der Waals surface area contributed by atoms with E-state index in [0.717, 1.165) is 0 Å². The number of aromatic carboxylic acids is 1. The number of phenolic OH excluding ortho intramolecular Hbond substituents is 1. The Bertz CT molecular complexity index is 822. The first-order chi connectivity index (χ1) is 12.1. The monoisotopic (exact) mass is 361 g/mol. The highest BCUT2D eigenvalue weighted by molar-refractivity contribution is 6.03. The number of anilines is 2. The second kappa shape index (κ2) is 9.04. The lowest BCUT2D eigenvalue weighted by Gasteiger charge is -2.08. The molecule has 0 aliphatic carbocycles. The van der Waals surface area contributed by atoms with Crippen LogP contribution in [0.1, 0.15) is 27.1 Å². The summed E-state index contributed by atoms with van der Waals surface area (Å²) in [7, 11) is 0. The molecule has 138 valence electrons. The van der Waals surface area contributed by atoms with Crippen LogP contribution in [0.25, 0.3) is 0 Å². The third kappa shape index (κ3) is 5.49. The largest absolute Gasteiger partial charge is 0.506 e. The first-order valence-corrected chi connectivity index (χ1v) is 7.32. The number of benzene rings is 2. The number of carbonyl (C=O) groups is 3. The number of Topliss-reactive ketones (excluding diaryl/α,β-unsaturated/α-hetero) is 1. The number of nitrogens with two attached hydrogens (primary N) is 3. The lowest BCUT2D eigenvalue weighted by Crippen LogP contribution is -2.32. The predicted molar refractivity (Wildman–Crippen MR) is 94.9 cm³/mol. The third-order valence-corrected chi connectivity index (χ3v) is 3.30. The summed E-state index contributed by atoms with van der Waals surface area (Å²) in [5.41, 5.74) is 16.5. The molecular weight excluding hydrogens is 342 g/mol. The molecule has 2 aromatic rings. The molecule has 0 spiro atoms. The zero-order valence-electron chi connectivity index (χ0n) is 13.6. The Morgan fingerprint density at radius 1 is 0.923 bits per heavy atom. The Morgan fingerprint density at radius 2 is 1.50 bits per heavy atom. The maximum atomic E-state index is 11.6. The summed E-state index contributed by atoms with van der Waals surface area (Å²) in [5.74, 6) is -2.97. The topological polar surface area (TPSA) is 190 Å². The number of para-hydroxylation sites is 2. The van der Waals surface area contributed by atoms with Gasteiger partial charge in [-0.1, -0.05) is 18.2 Å². The molecule has 1 atom stereocenters. The maximum Gasteiger partial charge on any atom is 0.337 e. The highest BCUT2D eigenvalue weighted by Crippen LogP contribution is 2.24. The molecule has 0 aliphatic heterocycles. The molecule has 9 heteroatoms. The molecule has 0 amide bonds. The van der Waals surface area contributed by atoms with Crippen molar-refractivity contribution in [1.82, 2.24) is 0 Å². The first-order valence-electron chi connectivity index (χ1n) is 7.32. The Kier molecular flexibility index (Phi) is 7.11. The van der Waals surface area contributed by atoms with Crippen LogP contribution in [0.3, 0.4) is 0 Å². The molecule has 0 aromatic heterocycles. The number of carboxylic acid groups (broad SMARTS) is 2. The van der Waals surface area contributed by atoms with Gasteiger partial charge in [0.25, 0.3) is 0 Å². The minimum Gasteiger partial charge on any atom is -0.506 e. The highest BCUT2D eigenvalue weighted by Gasteiger charge is 2.19. The fourth-order valence-corrected chi connectivity index (χ4v) is 1.88. The molecule has 0 aliphatic rings. The van der Waals surface area contributed by atoms with Crippen molar-refractivity contribution < 1.29 is 29.7 Å². The Labute approximate surface area is 148 Å². The van der Waals surface area contributed by atoms with E-state index in [9.17, 15) is 19.5 Å². The minimum atomic E-state index is -1.27. The van der Waals surface area contributed by atoms with Gasteiger partial charge >= 0.3 is 11.9 Å². The van der Waals surface area contributed by atoms with Gasteiger partial charge in [-0.05, 0) is 24.3 Å². The fourth-order valence-electron chi connectivity index (χ4n) is 1.88. The summed E-state index contributed by atoms with van der Waals surface area (Å²) in [6.07, 6.45) is -0.358. The molecular formula is C17H19N3O6. The van der Waals surface area contributed by atoms with Crippen LogP contribution in [0.5, 0.6) is 5.75 Å². The van der Waals surface area contributed by atoms with E-state index in [2.05, 4.69) is 0 Å². The van der Waals surface area contributed by atoms with Crippen LogP contribution in [0, 0.1) is 0 Å². The number of aliphatic carboxylic acids is 1. The zero-order valence-corrected chi connectivity index (χ0v) is 13.6. The van der Waals surface area contributed by atoms with E-state index < -0.39 is 23.8 Å². The van der Waals surface area contributed by atoms with Gasteiger partial charge in [-0.3, -0.25) is 9.59 Å². The molecule has 0 saturated heterocycles. The van der Waals surface area contributed by atoms with Gasteiger partial charge in [0.05, 0.1) is 11.3 Å². The minimum absolute atomic E-state index is 0.0647. The molecule has 0 saturated carbocycles. The standard InChI is InChI=1S/C10H12N2O4.C7H7NO2/c11-6(10(15)16)4-8(14)5-2-1-3-7(13)9(5)12;8-6-4-2-1-3-5(6)7(9)10/h1-3,6,13H,4,11-12H2,(H,15,16);1-4H,8H2,(H,9,10). The lowest BCUT2D eigenvalue weighted by molar-refractivity contribution is -0.138. The maximum absolute atomic E-state index is 11.6. The normalized spacial score (nSPS) is 11.0. The van der Waals surface area contributed by atoms with Crippen molar-refractivity contribution in [1.29, 1.82) is 0 Å². The summed E-state index contributed by atoms with van der Waals surface area (Å²) in [5, 5.41) is 26.3. The van der Waals surface area contributed by atoms with Gasteiger partial charge in [-0.2, -0.15) is 0 Å². The van der Waals surface area contributed by atoms with E-state index in [1.54, 1.807) is 18.2 Å². The van der Waals surface area contributed by atoms with E-state index in [0.29, 0.717) is 5.69 Å². The molecule has 2 aromatic carbocycles. The number of aromatic hydroxyl groups is 1. The van der Waals surface area contributed by atoms with Gasteiger partial charge in [0.1, 0.15) is 11.8 Å².